The van der Waals surface area contributed by atoms with Crippen LogP contribution in [-0.4, -0.2) is 13.6 Å². The Balaban J connectivity index is 2.80. The van der Waals surface area contributed by atoms with Crippen molar-refractivity contribution in [2.45, 2.75) is 27.2 Å². The van der Waals surface area contributed by atoms with Gasteiger partial charge in [-0.15, -0.1) is 0 Å². The predicted molar refractivity (Wildman–Crippen MR) is 72.0 cm³/mol. The molecule has 0 saturated heterocycles. The van der Waals surface area contributed by atoms with Crippen molar-refractivity contribution in [3.8, 4) is 0 Å². The number of nitrogens with one attached hydrogen (secondary N) is 1. The molecule has 1 aromatic carbocycles. The highest BCUT2D eigenvalue weighted by molar-refractivity contribution is 6.31. The fraction of sp³-hybridized carbons (Fsp3) is 0.571. The summed E-state index contributed by atoms with van der Waals surface area (Å²) in [5.41, 5.74) is 1.54. The van der Waals surface area contributed by atoms with Crippen molar-refractivity contribution < 1.29 is 0 Å². The number of hydrogen-bond donors (Lipinski definition) is 1. The molecule has 0 amide bonds. The van der Waals surface area contributed by atoms with E-state index in [0.29, 0.717) is 11.3 Å². The van der Waals surface area contributed by atoms with Crippen molar-refractivity contribution in [3.05, 3.63) is 34.9 Å². The van der Waals surface area contributed by atoms with E-state index in [0.717, 1.165) is 18.0 Å². The van der Waals surface area contributed by atoms with E-state index in [1.54, 1.807) is 0 Å². The number of halogens is 1. The Bertz CT molecular complexity index is 328. The van der Waals surface area contributed by atoms with Crippen LogP contribution in [0.4, 0.5) is 0 Å². The van der Waals surface area contributed by atoms with Crippen molar-refractivity contribution in [1.29, 1.82) is 0 Å². The lowest BCUT2D eigenvalue weighted by atomic mass is 9.77. The molecule has 0 aliphatic heterocycles. The monoisotopic (exact) mass is 239 g/mol. The molecule has 0 spiro atoms. The summed E-state index contributed by atoms with van der Waals surface area (Å²) in [7, 11) is 2.01. The first-order chi connectivity index (χ1) is 7.45. The Kier molecular flexibility index (Phi) is 4.82. The molecular weight excluding hydrogens is 218 g/mol. The highest BCUT2D eigenvalue weighted by Gasteiger charge is 2.24. The molecule has 0 heterocycles. The molecule has 1 N–H and O–H groups in total. The number of benzene rings is 1. The quantitative estimate of drug-likeness (QED) is 0.844. The van der Waals surface area contributed by atoms with Gasteiger partial charge < -0.3 is 5.32 Å². The lowest BCUT2D eigenvalue weighted by molar-refractivity contribution is 0.235. The molecule has 0 aliphatic rings. The lowest BCUT2D eigenvalue weighted by Gasteiger charge is -2.31. The molecule has 1 aromatic rings. The molecule has 1 rings (SSSR count). The van der Waals surface area contributed by atoms with Crippen LogP contribution in [0.5, 0.6) is 0 Å². The minimum atomic E-state index is 0.294. The molecule has 0 aliphatic carbocycles. The Morgan fingerprint density at radius 2 is 1.88 bits per heavy atom. The second-order valence-corrected chi connectivity index (χ2v) is 5.82. The maximum Gasteiger partial charge on any atom is 0.0438 e. The summed E-state index contributed by atoms with van der Waals surface area (Å²) in [5, 5.41) is 4.15. The molecule has 0 bridgehead atoms. The molecule has 0 aromatic heterocycles. The predicted octanol–water partition coefficient (Wildman–Crippen LogP) is 3.76. The molecule has 2 heteroatoms. The zero-order chi connectivity index (χ0) is 12.2. The van der Waals surface area contributed by atoms with Gasteiger partial charge in [0, 0.05) is 5.02 Å². The maximum absolute atomic E-state index is 6.20. The standard InChI is InChI=1S/C14H22ClN/c1-14(2,3)12(10-16-4)9-11-7-5-6-8-13(11)15/h5-8,12,16H,9-10H2,1-4H3. The van der Waals surface area contributed by atoms with Gasteiger partial charge in [0.1, 0.15) is 0 Å². The fourth-order valence-electron chi connectivity index (χ4n) is 1.86. The second-order valence-electron chi connectivity index (χ2n) is 5.42. The van der Waals surface area contributed by atoms with E-state index in [4.69, 9.17) is 11.6 Å². The normalized spacial score (nSPS) is 13.8. The second kappa shape index (κ2) is 5.70. The highest BCUT2D eigenvalue weighted by Crippen LogP contribution is 2.30. The van der Waals surface area contributed by atoms with Gasteiger partial charge in [0.05, 0.1) is 0 Å². The average molecular weight is 240 g/mol. The third-order valence-electron chi connectivity index (χ3n) is 3.10. The summed E-state index contributed by atoms with van der Waals surface area (Å²) in [6.07, 6.45) is 1.03. The molecule has 1 atom stereocenters. The Morgan fingerprint density at radius 3 is 2.38 bits per heavy atom. The average Bonchev–Trinajstić information content (AvgIpc) is 2.19. The van der Waals surface area contributed by atoms with Gasteiger partial charge >= 0.3 is 0 Å². The third kappa shape index (κ3) is 3.80. The van der Waals surface area contributed by atoms with Crippen LogP contribution in [0.25, 0.3) is 0 Å². The van der Waals surface area contributed by atoms with E-state index in [1.165, 1.54) is 5.56 Å². The van der Waals surface area contributed by atoms with Crippen LogP contribution in [0.3, 0.4) is 0 Å². The zero-order valence-electron chi connectivity index (χ0n) is 10.7. The van der Waals surface area contributed by atoms with Crippen molar-refractivity contribution in [3.63, 3.8) is 0 Å². The first kappa shape index (κ1) is 13.5. The van der Waals surface area contributed by atoms with Gasteiger partial charge in [0.2, 0.25) is 0 Å². The van der Waals surface area contributed by atoms with E-state index in [2.05, 4.69) is 38.2 Å². The molecule has 0 radical (unpaired) electrons. The summed E-state index contributed by atoms with van der Waals surface area (Å²) < 4.78 is 0. The van der Waals surface area contributed by atoms with Gasteiger partial charge in [-0.05, 0) is 43.0 Å². The molecule has 16 heavy (non-hydrogen) atoms. The molecule has 0 fully saturated rings. The topological polar surface area (TPSA) is 12.0 Å². The van der Waals surface area contributed by atoms with Crippen LogP contribution >= 0.6 is 11.6 Å². The first-order valence-electron chi connectivity index (χ1n) is 5.83. The maximum atomic E-state index is 6.20. The van der Waals surface area contributed by atoms with Gasteiger partial charge in [-0.25, -0.2) is 0 Å². The molecule has 0 saturated carbocycles. The van der Waals surface area contributed by atoms with Crippen LogP contribution in [-0.2, 0) is 6.42 Å². The van der Waals surface area contributed by atoms with E-state index in [9.17, 15) is 0 Å². The van der Waals surface area contributed by atoms with Crippen LogP contribution in [0, 0.1) is 11.3 Å². The zero-order valence-corrected chi connectivity index (χ0v) is 11.4. The van der Waals surface area contributed by atoms with Crippen LogP contribution < -0.4 is 5.32 Å². The molecule has 1 unspecified atom stereocenters. The Hall–Kier alpha value is -0.530. The summed E-state index contributed by atoms with van der Waals surface area (Å²) in [6.45, 7) is 7.87. The van der Waals surface area contributed by atoms with Crippen LogP contribution in [0.2, 0.25) is 5.02 Å². The van der Waals surface area contributed by atoms with Crippen molar-refractivity contribution >= 4 is 11.6 Å². The summed E-state index contributed by atoms with van der Waals surface area (Å²) in [6, 6.07) is 8.13. The Labute approximate surface area is 104 Å². The molecular formula is C14H22ClN. The summed E-state index contributed by atoms with van der Waals surface area (Å²) in [4.78, 5) is 0. The van der Waals surface area contributed by atoms with Gasteiger partial charge in [-0.3, -0.25) is 0 Å². The van der Waals surface area contributed by atoms with E-state index < -0.39 is 0 Å². The van der Waals surface area contributed by atoms with Crippen LogP contribution in [0.15, 0.2) is 24.3 Å². The van der Waals surface area contributed by atoms with E-state index in [1.807, 2.05) is 19.2 Å². The van der Waals surface area contributed by atoms with E-state index in [-0.39, 0.29) is 0 Å². The minimum absolute atomic E-state index is 0.294. The van der Waals surface area contributed by atoms with Crippen molar-refractivity contribution in [1.82, 2.24) is 5.32 Å². The van der Waals surface area contributed by atoms with Crippen molar-refractivity contribution in [2.75, 3.05) is 13.6 Å². The van der Waals surface area contributed by atoms with Gasteiger partial charge in [0.15, 0.2) is 0 Å². The molecule has 90 valence electrons. The van der Waals surface area contributed by atoms with Crippen LogP contribution in [0.1, 0.15) is 26.3 Å². The first-order valence-corrected chi connectivity index (χ1v) is 6.21. The third-order valence-corrected chi connectivity index (χ3v) is 3.47. The highest BCUT2D eigenvalue weighted by atomic mass is 35.5. The molecule has 1 nitrogen and oxygen atoms in total. The van der Waals surface area contributed by atoms with Gasteiger partial charge in [-0.1, -0.05) is 50.6 Å². The SMILES string of the molecule is CNCC(Cc1ccccc1Cl)C(C)(C)C. The summed E-state index contributed by atoms with van der Waals surface area (Å²) >= 11 is 6.20. The van der Waals surface area contributed by atoms with E-state index >= 15 is 0 Å². The minimum Gasteiger partial charge on any atom is -0.319 e. The van der Waals surface area contributed by atoms with Gasteiger partial charge in [-0.2, -0.15) is 0 Å². The fourth-order valence-corrected chi connectivity index (χ4v) is 2.07. The smallest absolute Gasteiger partial charge is 0.0438 e. The lowest BCUT2D eigenvalue weighted by Crippen LogP contribution is -2.31. The Morgan fingerprint density at radius 1 is 1.25 bits per heavy atom. The largest absolute Gasteiger partial charge is 0.319 e. The van der Waals surface area contributed by atoms with Gasteiger partial charge in [0.25, 0.3) is 0 Å². The summed E-state index contributed by atoms with van der Waals surface area (Å²) in [5.74, 6) is 0.595. The number of rotatable bonds is 4. The van der Waals surface area contributed by atoms with Crippen molar-refractivity contribution in [2.24, 2.45) is 11.3 Å². The number of hydrogen-bond acceptors (Lipinski definition) is 1.